The van der Waals surface area contributed by atoms with Gasteiger partial charge in [0.25, 0.3) is 0 Å². The van der Waals surface area contributed by atoms with Crippen LogP contribution in [0, 0.1) is 0 Å². The van der Waals surface area contributed by atoms with Gasteiger partial charge in [-0.3, -0.25) is 0 Å². The average molecular weight is 523 g/mol. The number of halogens is 6. The Balaban J connectivity index is 2.25. The van der Waals surface area contributed by atoms with Crippen LogP contribution in [0.25, 0.3) is 44.5 Å². The van der Waals surface area contributed by atoms with E-state index in [2.05, 4.69) is 0 Å². The Kier molecular flexibility index (Phi) is 5.37. The molecule has 0 spiro atoms. The van der Waals surface area contributed by atoms with Gasteiger partial charge in [0.1, 0.15) is 0 Å². The molecule has 0 saturated heterocycles. The predicted octanol–water partition coefficient (Wildman–Crippen LogP) is 10.4. The van der Waals surface area contributed by atoms with Crippen LogP contribution in [0.1, 0.15) is 16.6 Å². The van der Waals surface area contributed by atoms with Crippen molar-refractivity contribution in [2.45, 2.75) is 12.4 Å². The maximum atomic E-state index is 15.5. The van der Waals surface area contributed by atoms with Crippen LogP contribution >= 0.6 is 0 Å². The monoisotopic (exact) mass is 522 g/mol. The van der Waals surface area contributed by atoms with Crippen LogP contribution in [-0.2, 0) is 12.4 Å². The Labute approximate surface area is 221 Å². The van der Waals surface area contributed by atoms with Gasteiger partial charge in [0.2, 0.25) is 0 Å². The third-order valence-electron chi connectivity index (χ3n) is 5.98. The Morgan fingerprint density at radius 3 is 0.789 bits per heavy atom. The molecule has 0 atom stereocenters. The van der Waals surface area contributed by atoms with E-state index >= 15 is 26.3 Å². The SMILES string of the molecule is [2H]c1ccccc1-c1c(-c2ccccc2[2H])c(C(F)(F)F)c(-c2ccccc2[2H])c(-c2ccccc2[2H])c1C(F)(F)F. The summed E-state index contributed by atoms with van der Waals surface area (Å²) in [5.41, 5.74) is -8.40. The molecule has 5 aromatic rings. The molecular formula is C32H20F6. The maximum Gasteiger partial charge on any atom is 0.417 e. The Bertz CT molecular complexity index is 1560. The van der Waals surface area contributed by atoms with Gasteiger partial charge in [-0.25, -0.2) is 0 Å². The lowest BCUT2D eigenvalue weighted by Crippen LogP contribution is -2.18. The highest BCUT2D eigenvalue weighted by Crippen LogP contribution is 2.56. The fourth-order valence-electron chi connectivity index (χ4n) is 4.59. The smallest absolute Gasteiger partial charge is 0.166 e. The first kappa shape index (κ1) is 20.7. The summed E-state index contributed by atoms with van der Waals surface area (Å²) in [6, 6.07) is 18.2. The molecule has 0 saturated carbocycles. The van der Waals surface area contributed by atoms with E-state index in [9.17, 15) is 0 Å². The second-order valence-corrected chi connectivity index (χ2v) is 8.35. The van der Waals surface area contributed by atoms with E-state index in [1.165, 1.54) is 72.8 Å². The lowest BCUT2D eigenvalue weighted by atomic mass is 9.77. The molecule has 0 heterocycles. The van der Waals surface area contributed by atoms with Crippen molar-refractivity contribution in [3.8, 4) is 44.5 Å². The summed E-state index contributed by atoms with van der Waals surface area (Å²) >= 11 is 0. The van der Waals surface area contributed by atoms with Gasteiger partial charge in [-0.15, -0.1) is 0 Å². The zero-order chi connectivity index (χ0) is 30.4. The van der Waals surface area contributed by atoms with Crippen LogP contribution in [0.3, 0.4) is 0 Å². The highest BCUT2D eigenvalue weighted by molar-refractivity contribution is 6.02. The molecule has 0 aliphatic heterocycles. The van der Waals surface area contributed by atoms with E-state index in [4.69, 9.17) is 5.48 Å². The topological polar surface area (TPSA) is 0 Å². The zero-order valence-corrected chi connectivity index (χ0v) is 19.5. The van der Waals surface area contributed by atoms with E-state index in [0.29, 0.717) is 0 Å². The van der Waals surface area contributed by atoms with E-state index < -0.39 is 92.2 Å². The molecule has 0 bridgehead atoms. The van der Waals surface area contributed by atoms with E-state index in [0.717, 1.165) is 24.3 Å². The van der Waals surface area contributed by atoms with Gasteiger partial charge in [-0.2, -0.15) is 26.3 Å². The van der Waals surface area contributed by atoms with Gasteiger partial charge < -0.3 is 0 Å². The number of hydrogen-bond donors (Lipinski definition) is 0. The number of alkyl halides is 6. The van der Waals surface area contributed by atoms with Crippen molar-refractivity contribution in [2.75, 3.05) is 0 Å². The van der Waals surface area contributed by atoms with Gasteiger partial charge in [-0.05, 0) is 22.3 Å². The van der Waals surface area contributed by atoms with Gasteiger partial charge in [-0.1, -0.05) is 121 Å². The van der Waals surface area contributed by atoms with E-state index in [1.807, 2.05) is 0 Å². The molecule has 0 nitrogen and oxygen atoms in total. The molecule has 0 aliphatic rings. The highest BCUT2D eigenvalue weighted by Gasteiger charge is 2.46. The molecule has 0 aromatic heterocycles. The van der Waals surface area contributed by atoms with Crippen molar-refractivity contribution in [2.24, 2.45) is 0 Å². The molecule has 0 fully saturated rings. The quantitative estimate of drug-likeness (QED) is 0.206. The predicted molar refractivity (Wildman–Crippen MR) is 138 cm³/mol. The maximum absolute atomic E-state index is 15.5. The Morgan fingerprint density at radius 1 is 0.368 bits per heavy atom. The highest BCUT2D eigenvalue weighted by atomic mass is 19.4. The van der Waals surface area contributed by atoms with Crippen LogP contribution < -0.4 is 0 Å². The van der Waals surface area contributed by atoms with Crippen molar-refractivity contribution in [3.05, 3.63) is 132 Å². The minimum Gasteiger partial charge on any atom is -0.166 e. The second-order valence-electron chi connectivity index (χ2n) is 8.35. The molecule has 0 unspecified atom stereocenters. The summed E-state index contributed by atoms with van der Waals surface area (Å²) in [6.45, 7) is 0. The molecule has 38 heavy (non-hydrogen) atoms. The zero-order valence-electron chi connectivity index (χ0n) is 23.5. The van der Waals surface area contributed by atoms with Crippen molar-refractivity contribution < 1.29 is 31.8 Å². The standard InChI is InChI=1S/C32H20F6/c33-31(34,35)29-25(21-13-5-1-6-14-21)26(22-15-7-2-8-16-22)30(32(36,37)38)28(24-19-11-4-12-20-24)27(29)23-17-9-3-10-18-23/h1-20H/i13D,15D,17D,19D. The van der Waals surface area contributed by atoms with Gasteiger partial charge in [0.05, 0.1) is 16.6 Å². The molecule has 0 N–H and O–H groups in total. The van der Waals surface area contributed by atoms with Crippen LogP contribution in [0.4, 0.5) is 26.3 Å². The van der Waals surface area contributed by atoms with Crippen molar-refractivity contribution in [1.82, 2.24) is 0 Å². The van der Waals surface area contributed by atoms with Gasteiger partial charge in [0.15, 0.2) is 0 Å². The van der Waals surface area contributed by atoms with Gasteiger partial charge in [0, 0.05) is 22.3 Å². The molecule has 0 amide bonds. The minimum atomic E-state index is -5.29. The largest absolute Gasteiger partial charge is 0.417 e. The first-order valence-corrected chi connectivity index (χ1v) is 11.4. The average Bonchev–Trinajstić information content (AvgIpc) is 2.92. The summed E-state index contributed by atoms with van der Waals surface area (Å²) in [6.07, 6.45) is -10.6. The third kappa shape index (κ3) is 4.70. The van der Waals surface area contributed by atoms with Gasteiger partial charge >= 0.3 is 12.4 Å². The van der Waals surface area contributed by atoms with Crippen molar-refractivity contribution in [1.29, 1.82) is 0 Å². The molecular weight excluding hydrogens is 498 g/mol. The minimum absolute atomic E-state index is 0.428. The summed E-state index contributed by atoms with van der Waals surface area (Å²) in [7, 11) is 0. The van der Waals surface area contributed by atoms with Crippen LogP contribution in [0.15, 0.2) is 121 Å². The van der Waals surface area contributed by atoms with E-state index in [1.54, 1.807) is 0 Å². The second kappa shape index (κ2) is 9.86. The van der Waals surface area contributed by atoms with Crippen molar-refractivity contribution >= 4 is 0 Å². The summed E-state index contributed by atoms with van der Waals surface area (Å²) in [4.78, 5) is 0. The molecule has 6 heteroatoms. The number of hydrogen-bond acceptors (Lipinski definition) is 0. The molecule has 0 aliphatic carbocycles. The summed E-state index contributed by atoms with van der Waals surface area (Å²) in [5, 5.41) is 0. The van der Waals surface area contributed by atoms with Crippen LogP contribution in [0.5, 0.6) is 0 Å². The molecule has 190 valence electrons. The Morgan fingerprint density at radius 2 is 0.605 bits per heavy atom. The van der Waals surface area contributed by atoms with Crippen LogP contribution in [0.2, 0.25) is 0 Å². The van der Waals surface area contributed by atoms with Crippen molar-refractivity contribution in [3.63, 3.8) is 0 Å². The molecule has 5 rings (SSSR count). The summed E-state index contributed by atoms with van der Waals surface area (Å²) < 4.78 is 127. The van der Waals surface area contributed by atoms with E-state index in [-0.39, 0.29) is 0 Å². The number of benzene rings is 5. The first-order chi connectivity index (χ1) is 19.8. The summed E-state index contributed by atoms with van der Waals surface area (Å²) in [5.74, 6) is 0. The lowest BCUT2D eigenvalue weighted by molar-refractivity contribution is -0.139. The first-order valence-electron chi connectivity index (χ1n) is 13.4. The lowest BCUT2D eigenvalue weighted by Gasteiger charge is -2.29. The fourth-order valence-corrected chi connectivity index (χ4v) is 4.59. The molecule has 5 aromatic carbocycles. The van der Waals surface area contributed by atoms with Crippen LogP contribution in [-0.4, -0.2) is 0 Å². The number of rotatable bonds is 4. The normalized spacial score (nSPS) is 13.4. The third-order valence-corrected chi connectivity index (χ3v) is 5.98. The fraction of sp³-hybridized carbons (Fsp3) is 0.0625. The molecule has 0 radical (unpaired) electrons. The Hall–Kier alpha value is -4.32.